The van der Waals surface area contributed by atoms with Crippen molar-refractivity contribution in [1.29, 1.82) is 0 Å². The van der Waals surface area contributed by atoms with Crippen LogP contribution in [0, 0.1) is 0 Å². The number of carbonyl (C=O) groups is 2. The van der Waals surface area contributed by atoms with Crippen LogP contribution in [0.4, 0.5) is 0 Å². The van der Waals surface area contributed by atoms with Gasteiger partial charge in [0.05, 0.1) is 40.4 Å². The van der Waals surface area contributed by atoms with Crippen molar-refractivity contribution < 1.29 is 38.0 Å². The van der Waals surface area contributed by atoms with Crippen molar-refractivity contribution in [2.24, 2.45) is 0 Å². The van der Waals surface area contributed by atoms with Gasteiger partial charge in [0, 0.05) is 23.1 Å². The zero-order valence-corrected chi connectivity index (χ0v) is 20.2. The van der Waals surface area contributed by atoms with E-state index in [1.54, 1.807) is 77.0 Å². The predicted octanol–water partition coefficient (Wildman–Crippen LogP) is 4.78. The summed E-state index contributed by atoms with van der Waals surface area (Å²) in [6.07, 6.45) is 1.72. The van der Waals surface area contributed by atoms with Crippen LogP contribution >= 0.6 is 0 Å². The molecule has 2 aliphatic rings. The Hall–Kier alpha value is -4.46. The van der Waals surface area contributed by atoms with Crippen LogP contribution in [0.3, 0.4) is 0 Å². The number of ketones is 1. The van der Waals surface area contributed by atoms with Crippen molar-refractivity contribution in [2.75, 3.05) is 28.4 Å². The number of allylic oxidation sites excluding steroid dienone is 1. The Morgan fingerprint density at radius 1 is 0.806 bits per heavy atom. The fraction of sp³-hybridized carbons (Fsp3) is 0.214. The summed E-state index contributed by atoms with van der Waals surface area (Å²) in [7, 11) is 6.23. The van der Waals surface area contributed by atoms with Crippen molar-refractivity contribution in [2.45, 2.75) is 12.3 Å². The third-order valence-electron chi connectivity index (χ3n) is 6.30. The smallest absolute Gasteiger partial charge is 0.312 e. The Balaban J connectivity index is 1.59. The molecule has 2 aliphatic heterocycles. The van der Waals surface area contributed by atoms with Gasteiger partial charge in [-0.15, -0.1) is 0 Å². The molecule has 0 bridgehead atoms. The SMILES string of the molecule is COc1ccc(C2CC(=O)Oc3ccc4c(c32)OC(=Cc2ccc(OC)c(OC)c2)C4=O)c(OC)c1. The van der Waals surface area contributed by atoms with E-state index in [2.05, 4.69) is 0 Å². The summed E-state index contributed by atoms with van der Waals surface area (Å²) in [6, 6.07) is 14.0. The van der Waals surface area contributed by atoms with E-state index in [1.807, 2.05) is 6.07 Å². The van der Waals surface area contributed by atoms with Gasteiger partial charge in [0.25, 0.3) is 0 Å². The molecule has 0 N–H and O–H groups in total. The molecule has 0 radical (unpaired) electrons. The number of ether oxygens (including phenoxy) is 6. The Morgan fingerprint density at radius 2 is 1.58 bits per heavy atom. The lowest BCUT2D eigenvalue weighted by atomic mass is 9.84. The van der Waals surface area contributed by atoms with Crippen molar-refractivity contribution in [1.82, 2.24) is 0 Å². The minimum atomic E-state index is -0.440. The van der Waals surface area contributed by atoms with Crippen molar-refractivity contribution in [3.8, 4) is 34.5 Å². The van der Waals surface area contributed by atoms with Gasteiger partial charge in [-0.2, -0.15) is 0 Å². The van der Waals surface area contributed by atoms with Gasteiger partial charge in [-0.05, 0) is 42.0 Å². The average molecular weight is 488 g/mol. The van der Waals surface area contributed by atoms with Crippen molar-refractivity contribution >= 4 is 17.8 Å². The summed E-state index contributed by atoms with van der Waals surface area (Å²) in [4.78, 5) is 25.8. The number of hydrogen-bond donors (Lipinski definition) is 0. The predicted molar refractivity (Wildman–Crippen MR) is 131 cm³/mol. The average Bonchev–Trinajstić information content (AvgIpc) is 3.22. The van der Waals surface area contributed by atoms with Crippen LogP contribution < -0.4 is 28.4 Å². The molecule has 0 amide bonds. The first-order valence-electron chi connectivity index (χ1n) is 11.2. The molecule has 3 aromatic carbocycles. The van der Waals surface area contributed by atoms with E-state index >= 15 is 0 Å². The second-order valence-electron chi connectivity index (χ2n) is 8.25. The Morgan fingerprint density at radius 3 is 2.31 bits per heavy atom. The molecule has 1 unspecified atom stereocenters. The number of rotatable bonds is 6. The molecule has 0 spiro atoms. The monoisotopic (exact) mass is 488 g/mol. The fourth-order valence-electron chi connectivity index (χ4n) is 4.57. The van der Waals surface area contributed by atoms with Gasteiger partial charge in [-0.25, -0.2) is 0 Å². The van der Waals surface area contributed by atoms with E-state index in [1.165, 1.54) is 0 Å². The van der Waals surface area contributed by atoms with E-state index in [4.69, 9.17) is 28.4 Å². The van der Waals surface area contributed by atoms with Gasteiger partial charge >= 0.3 is 5.97 Å². The number of benzene rings is 3. The maximum Gasteiger partial charge on any atom is 0.312 e. The molecule has 36 heavy (non-hydrogen) atoms. The third kappa shape index (κ3) is 3.90. The van der Waals surface area contributed by atoms with Gasteiger partial charge in [0.2, 0.25) is 5.78 Å². The molecule has 8 heteroatoms. The topological polar surface area (TPSA) is 89.5 Å². The third-order valence-corrected chi connectivity index (χ3v) is 6.30. The Bertz CT molecular complexity index is 1400. The largest absolute Gasteiger partial charge is 0.497 e. The van der Waals surface area contributed by atoms with Gasteiger partial charge in [-0.1, -0.05) is 12.1 Å². The molecule has 0 saturated carbocycles. The number of hydrogen-bond acceptors (Lipinski definition) is 8. The van der Waals surface area contributed by atoms with Gasteiger partial charge in [-0.3, -0.25) is 9.59 Å². The lowest BCUT2D eigenvalue weighted by Crippen LogP contribution is -2.22. The van der Waals surface area contributed by atoms with Crippen molar-refractivity contribution in [3.05, 3.63) is 76.5 Å². The number of esters is 1. The molecule has 8 nitrogen and oxygen atoms in total. The molecule has 184 valence electrons. The maximum absolute atomic E-state index is 13.3. The molecule has 2 heterocycles. The summed E-state index contributed by atoms with van der Waals surface area (Å²) in [5.74, 6) is 2.10. The Labute approximate surface area is 207 Å². The molecule has 5 rings (SSSR count). The van der Waals surface area contributed by atoms with E-state index in [9.17, 15) is 9.59 Å². The number of Topliss-reactive ketones (excluding diaryl/α,β-unsaturated/α-hetero) is 1. The first-order valence-corrected chi connectivity index (χ1v) is 11.2. The quantitative estimate of drug-likeness (QED) is 0.278. The zero-order chi connectivity index (χ0) is 25.4. The first-order chi connectivity index (χ1) is 17.5. The highest BCUT2D eigenvalue weighted by Crippen LogP contribution is 2.50. The second-order valence-corrected chi connectivity index (χ2v) is 8.25. The van der Waals surface area contributed by atoms with Crippen molar-refractivity contribution in [3.63, 3.8) is 0 Å². The molecular formula is C28H24O8. The van der Waals surface area contributed by atoms with Gasteiger partial charge < -0.3 is 28.4 Å². The van der Waals surface area contributed by atoms with Crippen LogP contribution in [-0.2, 0) is 4.79 Å². The highest BCUT2D eigenvalue weighted by atomic mass is 16.5. The van der Waals surface area contributed by atoms with Crippen LogP contribution in [0.15, 0.2) is 54.3 Å². The van der Waals surface area contributed by atoms with Crippen LogP contribution in [0.2, 0.25) is 0 Å². The van der Waals surface area contributed by atoms with Gasteiger partial charge in [0.15, 0.2) is 17.3 Å². The summed E-state index contributed by atoms with van der Waals surface area (Å²) >= 11 is 0. The summed E-state index contributed by atoms with van der Waals surface area (Å²) in [6.45, 7) is 0. The van der Waals surface area contributed by atoms with E-state index in [-0.39, 0.29) is 23.9 Å². The molecule has 0 saturated heterocycles. The van der Waals surface area contributed by atoms with E-state index in [0.29, 0.717) is 51.2 Å². The van der Waals surface area contributed by atoms with Crippen LogP contribution in [0.25, 0.3) is 6.08 Å². The molecule has 0 aromatic heterocycles. The molecular weight excluding hydrogens is 464 g/mol. The summed E-state index contributed by atoms with van der Waals surface area (Å²) in [5.41, 5.74) is 2.49. The van der Waals surface area contributed by atoms with Crippen LogP contribution in [-0.4, -0.2) is 40.2 Å². The minimum Gasteiger partial charge on any atom is -0.497 e. The number of fused-ring (bicyclic) bond motifs is 3. The lowest BCUT2D eigenvalue weighted by molar-refractivity contribution is -0.135. The molecule has 0 fully saturated rings. The first kappa shape index (κ1) is 23.3. The standard InChI is InChI=1S/C28H24O8/c1-31-16-6-7-17(22(13-16)33-3)19-14-25(29)35-21-10-8-18-27(30)24(36-28(18)26(19)21)12-15-5-9-20(32-2)23(11-15)34-4/h5-13,19H,14H2,1-4H3. The summed E-state index contributed by atoms with van der Waals surface area (Å²) in [5, 5.41) is 0. The fourth-order valence-corrected chi connectivity index (χ4v) is 4.57. The van der Waals surface area contributed by atoms with Crippen LogP contribution in [0.5, 0.6) is 34.5 Å². The highest BCUT2D eigenvalue weighted by molar-refractivity contribution is 6.15. The zero-order valence-electron chi connectivity index (χ0n) is 20.2. The van der Waals surface area contributed by atoms with E-state index in [0.717, 1.165) is 5.56 Å². The molecule has 3 aromatic rings. The maximum atomic E-state index is 13.3. The number of methoxy groups -OCH3 is 4. The lowest BCUT2D eigenvalue weighted by Gasteiger charge is -2.27. The molecule has 1 atom stereocenters. The second kappa shape index (κ2) is 9.30. The summed E-state index contributed by atoms with van der Waals surface area (Å²) < 4.78 is 33.2. The minimum absolute atomic E-state index is 0.0679. The van der Waals surface area contributed by atoms with Crippen LogP contribution in [0.1, 0.15) is 39.4 Å². The van der Waals surface area contributed by atoms with E-state index < -0.39 is 5.92 Å². The Kier molecular flexibility index (Phi) is 6.01. The molecule has 0 aliphatic carbocycles. The number of carbonyl (C=O) groups excluding carboxylic acids is 2. The van der Waals surface area contributed by atoms with Gasteiger partial charge in [0.1, 0.15) is 23.0 Å². The highest BCUT2D eigenvalue weighted by Gasteiger charge is 2.39. The normalized spacial score (nSPS) is 17.1.